The van der Waals surface area contributed by atoms with E-state index in [1.807, 2.05) is 60.3 Å². The Kier molecular flexibility index (Phi) is 6.76. The van der Waals surface area contributed by atoms with Crippen molar-refractivity contribution in [1.29, 1.82) is 0 Å². The van der Waals surface area contributed by atoms with Crippen molar-refractivity contribution in [2.24, 2.45) is 28.6 Å². The van der Waals surface area contributed by atoms with Crippen molar-refractivity contribution in [3.63, 3.8) is 0 Å². The molecule has 5 aliphatic rings. The number of carbonyl (C=O) groups excluding carboxylic acids is 2. The molecule has 0 spiro atoms. The van der Waals surface area contributed by atoms with Crippen molar-refractivity contribution in [1.82, 2.24) is 4.57 Å². The summed E-state index contributed by atoms with van der Waals surface area (Å²) < 4.78 is 15.3. The van der Waals surface area contributed by atoms with Crippen LogP contribution in [0, 0.1) is 28.6 Å². The molecule has 2 heterocycles. The number of aliphatic hydroxyl groups is 3. The first kappa shape index (κ1) is 28.9. The van der Waals surface area contributed by atoms with E-state index in [4.69, 9.17) is 9.47 Å². The van der Waals surface area contributed by atoms with Crippen LogP contribution in [0.2, 0.25) is 0 Å². The number of ether oxygens (including phenoxy) is 2. The highest BCUT2D eigenvalue weighted by atomic mass is 16.7. The molecule has 8 heteroatoms. The maximum atomic E-state index is 13.8. The number of hydrogen-bond donors (Lipinski definition) is 3. The minimum absolute atomic E-state index is 0.00101. The van der Waals surface area contributed by atoms with E-state index in [9.17, 15) is 24.9 Å². The number of nitrogens with zero attached hydrogens (tertiary/aromatic N) is 1. The molecular weight excluding hydrogens is 546 g/mol. The van der Waals surface area contributed by atoms with Gasteiger partial charge in [-0.1, -0.05) is 49.8 Å². The molecule has 1 aliphatic heterocycles. The second-order valence-electron chi connectivity index (χ2n) is 13.9. The number of rotatable bonds is 6. The molecule has 8 nitrogen and oxygen atoms in total. The van der Waals surface area contributed by atoms with E-state index in [1.54, 1.807) is 19.1 Å². The van der Waals surface area contributed by atoms with Gasteiger partial charge in [-0.05, 0) is 73.8 Å². The van der Waals surface area contributed by atoms with Crippen LogP contribution in [0.25, 0.3) is 0 Å². The topological polar surface area (TPSA) is 118 Å². The maximum Gasteiger partial charge on any atom is 0.193 e. The van der Waals surface area contributed by atoms with Gasteiger partial charge in [0.1, 0.15) is 6.61 Å². The minimum Gasteiger partial charge on any atom is -0.393 e. The molecular formula is C35H41NO7. The second kappa shape index (κ2) is 10.1. The first-order valence-corrected chi connectivity index (χ1v) is 15.5. The second-order valence-corrected chi connectivity index (χ2v) is 13.9. The van der Waals surface area contributed by atoms with E-state index >= 15 is 0 Å². The van der Waals surface area contributed by atoms with Gasteiger partial charge in [0.05, 0.1) is 18.3 Å². The van der Waals surface area contributed by atoms with Crippen molar-refractivity contribution in [3.05, 3.63) is 83.2 Å². The van der Waals surface area contributed by atoms with E-state index in [0.717, 1.165) is 35.1 Å². The monoisotopic (exact) mass is 587 g/mol. The van der Waals surface area contributed by atoms with Gasteiger partial charge in [-0.15, -0.1) is 0 Å². The summed E-state index contributed by atoms with van der Waals surface area (Å²) in [6, 6.07) is 9.77. The summed E-state index contributed by atoms with van der Waals surface area (Å²) in [5, 5.41) is 32.0. The van der Waals surface area contributed by atoms with Crippen LogP contribution in [0.3, 0.4) is 0 Å². The number of hydrogen-bond acceptors (Lipinski definition) is 7. The fourth-order valence-corrected chi connectivity index (χ4v) is 9.69. The zero-order valence-corrected chi connectivity index (χ0v) is 25.0. The maximum absolute atomic E-state index is 13.8. The largest absolute Gasteiger partial charge is 0.393 e. The Hall–Kier alpha value is -2.88. The number of aliphatic hydroxyl groups excluding tert-OH is 3. The summed E-state index contributed by atoms with van der Waals surface area (Å²) in [7, 11) is 0. The van der Waals surface area contributed by atoms with Crippen molar-refractivity contribution in [2.75, 3.05) is 6.61 Å². The molecule has 3 N–H and O–H groups in total. The normalized spacial score (nSPS) is 40.3. The highest BCUT2D eigenvalue weighted by Gasteiger charge is 2.75. The van der Waals surface area contributed by atoms with Gasteiger partial charge < -0.3 is 29.4 Å². The zero-order valence-electron chi connectivity index (χ0n) is 25.0. The highest BCUT2D eigenvalue weighted by molar-refractivity contribution is 6.01. The van der Waals surface area contributed by atoms with Gasteiger partial charge in [-0.25, -0.2) is 0 Å². The number of Topliss-reactive ketones (excluding diaryl/α,β-unsaturated/α-hetero) is 1. The quantitative estimate of drug-likeness (QED) is 0.464. The predicted molar refractivity (Wildman–Crippen MR) is 158 cm³/mol. The molecule has 228 valence electrons. The molecule has 3 saturated carbocycles. The molecule has 1 saturated heterocycles. The molecule has 4 aliphatic carbocycles. The summed E-state index contributed by atoms with van der Waals surface area (Å²) in [5.41, 5.74) is 1.27. The van der Waals surface area contributed by atoms with E-state index in [1.165, 1.54) is 0 Å². The molecule has 7 rings (SSSR count). The molecule has 2 aromatic rings. The van der Waals surface area contributed by atoms with Crippen LogP contribution in [0.1, 0.15) is 75.5 Å². The van der Waals surface area contributed by atoms with Crippen LogP contribution >= 0.6 is 0 Å². The third-order valence-corrected chi connectivity index (χ3v) is 11.6. The lowest BCUT2D eigenvalue weighted by atomic mass is 9.46. The number of aromatic nitrogens is 1. The molecule has 43 heavy (non-hydrogen) atoms. The Balaban J connectivity index is 1.17. The Bertz CT molecular complexity index is 1520. The lowest BCUT2D eigenvalue weighted by Crippen LogP contribution is -2.63. The molecule has 0 radical (unpaired) electrons. The van der Waals surface area contributed by atoms with Gasteiger partial charge in [-0.3, -0.25) is 9.59 Å². The summed E-state index contributed by atoms with van der Waals surface area (Å²) in [4.78, 5) is 25.9. The lowest BCUT2D eigenvalue weighted by molar-refractivity contribution is -0.201. The summed E-state index contributed by atoms with van der Waals surface area (Å²) in [6.45, 7) is 5.86. The number of fused-ring (bicyclic) bond motifs is 7. The summed E-state index contributed by atoms with van der Waals surface area (Å²) >= 11 is 0. The third-order valence-electron chi connectivity index (χ3n) is 11.6. The number of benzene rings is 1. The third kappa shape index (κ3) is 4.14. The Labute approximate surface area is 252 Å². The van der Waals surface area contributed by atoms with E-state index in [2.05, 4.69) is 6.92 Å². The standard InChI is InChI=1S/C35H41NO7/c1-20(38)22-6-4-5-21(13-22)17-36-12-10-23(18-36)32-42-30-15-27-26-8-7-24-14-25(39)9-11-33(24,2)31(26)28(40)16-34(27,3)35(30,43-32)29(41)19-37/h4-6,9-14,18,20,26-28,30-32,37-38,40H,7-8,15-17,19H2,1-3H3/t20-,26-,27-,28-,30+,31+,32+,33-,34-,35+/m0/s1. The van der Waals surface area contributed by atoms with E-state index < -0.39 is 53.4 Å². The van der Waals surface area contributed by atoms with Gasteiger partial charge in [0.25, 0.3) is 0 Å². The van der Waals surface area contributed by atoms with Gasteiger partial charge >= 0.3 is 0 Å². The predicted octanol–water partition coefficient (Wildman–Crippen LogP) is 4.19. The zero-order chi connectivity index (χ0) is 30.3. The number of carbonyl (C=O) groups is 2. The number of allylic oxidation sites excluding steroid dienone is 4. The summed E-state index contributed by atoms with van der Waals surface area (Å²) in [6.07, 6.45) is 9.23. The molecule has 10 atom stereocenters. The first-order chi connectivity index (χ1) is 20.5. The van der Waals surface area contributed by atoms with E-state index in [-0.39, 0.29) is 23.5 Å². The van der Waals surface area contributed by atoms with Gasteiger partial charge in [0, 0.05) is 41.2 Å². The Morgan fingerprint density at radius 1 is 1.23 bits per heavy atom. The lowest BCUT2D eigenvalue weighted by Gasteiger charge is -2.59. The highest BCUT2D eigenvalue weighted by Crippen LogP contribution is 2.70. The fraction of sp³-hybridized carbons (Fsp3) is 0.543. The van der Waals surface area contributed by atoms with E-state index in [0.29, 0.717) is 19.4 Å². The van der Waals surface area contributed by atoms with Crippen LogP contribution in [0.15, 0.2) is 66.5 Å². The first-order valence-electron chi connectivity index (χ1n) is 15.5. The van der Waals surface area contributed by atoms with Crippen LogP contribution in [0.5, 0.6) is 0 Å². The van der Waals surface area contributed by atoms with Crippen LogP contribution in [-0.2, 0) is 25.6 Å². The molecule has 1 aromatic carbocycles. The van der Waals surface area contributed by atoms with Crippen molar-refractivity contribution in [2.45, 2.75) is 83.2 Å². The SMILES string of the molecule is C[C@H](O)c1cccc(Cn2ccc([C@@H]3O[C@@H]4C[C@H]5[C@@H]6CCC7=CC(=O)C=C[C@]7(C)[C@H]6[C@@H](O)C[C@]5(C)[C@]4(C(=O)CO)O3)c2)c1. The molecule has 1 aromatic heterocycles. The van der Waals surface area contributed by atoms with Crippen LogP contribution in [0.4, 0.5) is 0 Å². The average molecular weight is 588 g/mol. The molecule has 0 bridgehead atoms. The van der Waals surface area contributed by atoms with Crippen molar-refractivity contribution < 1.29 is 34.4 Å². The van der Waals surface area contributed by atoms with Gasteiger partial charge in [0.2, 0.25) is 0 Å². The van der Waals surface area contributed by atoms with Gasteiger partial charge in [-0.2, -0.15) is 0 Å². The van der Waals surface area contributed by atoms with Crippen LogP contribution < -0.4 is 0 Å². The number of ketones is 2. The smallest absolute Gasteiger partial charge is 0.193 e. The Morgan fingerprint density at radius 2 is 2.05 bits per heavy atom. The minimum atomic E-state index is -1.37. The fourth-order valence-electron chi connectivity index (χ4n) is 9.69. The van der Waals surface area contributed by atoms with Crippen LogP contribution in [-0.4, -0.2) is 55.9 Å². The van der Waals surface area contributed by atoms with Gasteiger partial charge in [0.15, 0.2) is 23.5 Å². The Morgan fingerprint density at radius 3 is 2.81 bits per heavy atom. The molecule has 4 fully saturated rings. The van der Waals surface area contributed by atoms with Crippen molar-refractivity contribution in [3.8, 4) is 0 Å². The molecule has 0 amide bonds. The summed E-state index contributed by atoms with van der Waals surface area (Å²) in [5.74, 6) is -0.300. The molecule has 0 unspecified atom stereocenters. The van der Waals surface area contributed by atoms with Crippen molar-refractivity contribution >= 4 is 11.6 Å². The average Bonchev–Trinajstić information content (AvgIpc) is 3.65.